The fourth-order valence-corrected chi connectivity index (χ4v) is 4.92. The number of hydrogen-bond acceptors (Lipinski definition) is 5. The van der Waals surface area contributed by atoms with Gasteiger partial charge in [0.15, 0.2) is 0 Å². The Morgan fingerprint density at radius 1 is 0.879 bits per heavy atom. The largest absolute Gasteiger partial charge is 0.497 e. The molecular weight excluding hydrogens is 418 g/mol. The highest BCUT2D eigenvalue weighted by Gasteiger charge is 2.55. The summed E-state index contributed by atoms with van der Waals surface area (Å²) in [5, 5.41) is 9.27. The molecule has 2 heterocycles. The van der Waals surface area contributed by atoms with Gasteiger partial charge in [-0.2, -0.15) is 0 Å². The van der Waals surface area contributed by atoms with Crippen LogP contribution < -0.4 is 20.5 Å². The molecule has 1 amide bonds. The summed E-state index contributed by atoms with van der Waals surface area (Å²) in [4.78, 5) is 26.7. The van der Waals surface area contributed by atoms with Gasteiger partial charge < -0.3 is 14.7 Å². The number of rotatable bonds is 5. The maximum Gasteiger partial charge on any atom is 0.335 e. The van der Waals surface area contributed by atoms with Crippen molar-refractivity contribution in [1.82, 2.24) is 10.9 Å². The molecule has 7 heteroatoms. The van der Waals surface area contributed by atoms with E-state index in [4.69, 9.17) is 4.74 Å². The number of amides is 1. The highest BCUT2D eigenvalue weighted by Crippen LogP contribution is 2.49. The van der Waals surface area contributed by atoms with Crippen LogP contribution in [0, 0.1) is 12.8 Å². The molecule has 168 valence electrons. The van der Waals surface area contributed by atoms with Crippen molar-refractivity contribution in [2.75, 3.05) is 12.0 Å². The molecule has 0 aliphatic carbocycles. The van der Waals surface area contributed by atoms with Crippen molar-refractivity contribution >= 4 is 17.6 Å². The van der Waals surface area contributed by atoms with Crippen LogP contribution in [0.1, 0.15) is 39.1 Å². The Hall–Kier alpha value is -3.68. The van der Waals surface area contributed by atoms with Gasteiger partial charge in [-0.25, -0.2) is 15.6 Å². The van der Waals surface area contributed by atoms with Crippen LogP contribution in [0.4, 0.5) is 5.69 Å². The zero-order valence-corrected chi connectivity index (χ0v) is 18.4. The number of carboxylic acid groups (broad SMARTS) is 1. The lowest BCUT2D eigenvalue weighted by Crippen LogP contribution is -2.41. The smallest absolute Gasteiger partial charge is 0.335 e. The minimum absolute atomic E-state index is 0.0500. The zero-order chi connectivity index (χ0) is 23.1. The number of benzene rings is 3. The summed E-state index contributed by atoms with van der Waals surface area (Å²) in [7, 11) is 1.62. The molecule has 0 saturated carbocycles. The number of carbonyl (C=O) groups is 2. The van der Waals surface area contributed by atoms with E-state index in [0.717, 1.165) is 16.9 Å². The molecule has 0 bridgehead atoms. The van der Waals surface area contributed by atoms with Crippen molar-refractivity contribution in [2.45, 2.75) is 25.0 Å². The number of nitrogens with one attached hydrogen (secondary N) is 2. The topological polar surface area (TPSA) is 90.9 Å². The Labute approximate surface area is 192 Å². The molecule has 2 fully saturated rings. The monoisotopic (exact) mass is 443 g/mol. The lowest BCUT2D eigenvalue weighted by atomic mass is 9.83. The highest BCUT2D eigenvalue weighted by molar-refractivity contribution is 6.01. The van der Waals surface area contributed by atoms with E-state index in [9.17, 15) is 14.7 Å². The van der Waals surface area contributed by atoms with E-state index in [0.29, 0.717) is 5.69 Å². The average Bonchev–Trinajstić information content (AvgIpc) is 3.39. The summed E-state index contributed by atoms with van der Waals surface area (Å²) >= 11 is 0. The lowest BCUT2D eigenvalue weighted by molar-refractivity contribution is -0.119. The molecule has 0 radical (unpaired) electrons. The SMILES string of the molecule is COc1ccc(C2C3C(NNC3c3ccc(C)cc3)C(=O)N2c2ccc(C(=O)O)cc2)cc1. The minimum Gasteiger partial charge on any atom is -0.497 e. The molecule has 4 unspecified atom stereocenters. The summed E-state index contributed by atoms with van der Waals surface area (Å²) in [6.07, 6.45) is 0. The van der Waals surface area contributed by atoms with Crippen LogP contribution >= 0.6 is 0 Å². The summed E-state index contributed by atoms with van der Waals surface area (Å²) in [6.45, 7) is 2.05. The predicted octanol–water partition coefficient (Wildman–Crippen LogP) is 3.62. The van der Waals surface area contributed by atoms with Crippen molar-refractivity contribution < 1.29 is 19.4 Å². The van der Waals surface area contributed by atoms with E-state index < -0.39 is 12.0 Å². The van der Waals surface area contributed by atoms with E-state index in [-0.39, 0.29) is 29.5 Å². The molecule has 2 aliphatic rings. The van der Waals surface area contributed by atoms with Gasteiger partial charge in [0.25, 0.3) is 0 Å². The lowest BCUT2D eigenvalue weighted by Gasteiger charge is -2.31. The Balaban J connectivity index is 1.60. The van der Waals surface area contributed by atoms with Gasteiger partial charge in [-0.1, -0.05) is 42.0 Å². The number of hydrogen-bond donors (Lipinski definition) is 3. The number of hydrazine groups is 1. The molecule has 0 aromatic heterocycles. The number of fused-ring (bicyclic) bond motifs is 1. The Kier molecular flexibility index (Phi) is 5.36. The van der Waals surface area contributed by atoms with Crippen LogP contribution in [0.3, 0.4) is 0 Å². The molecule has 4 atom stereocenters. The second-order valence-corrected chi connectivity index (χ2v) is 8.51. The number of anilines is 1. The van der Waals surface area contributed by atoms with Crippen molar-refractivity contribution in [3.8, 4) is 5.75 Å². The number of aromatic carboxylic acids is 1. The molecule has 3 N–H and O–H groups in total. The van der Waals surface area contributed by atoms with Crippen LogP contribution in [0.15, 0.2) is 72.8 Å². The van der Waals surface area contributed by atoms with Crippen LogP contribution in [0.2, 0.25) is 0 Å². The van der Waals surface area contributed by atoms with Gasteiger partial charge in [0, 0.05) is 11.6 Å². The number of carboxylic acids is 1. The summed E-state index contributed by atoms with van der Waals surface area (Å²) in [6, 6.07) is 21.8. The normalized spacial score (nSPS) is 24.1. The molecule has 2 saturated heterocycles. The van der Waals surface area contributed by atoms with Gasteiger partial charge >= 0.3 is 5.97 Å². The highest BCUT2D eigenvalue weighted by atomic mass is 16.5. The van der Waals surface area contributed by atoms with Crippen molar-refractivity contribution in [3.05, 3.63) is 95.1 Å². The van der Waals surface area contributed by atoms with E-state index in [2.05, 4.69) is 42.0 Å². The molecule has 33 heavy (non-hydrogen) atoms. The number of carbonyl (C=O) groups excluding carboxylic acids is 1. The molecule has 7 nitrogen and oxygen atoms in total. The third-order valence-corrected chi connectivity index (χ3v) is 6.60. The van der Waals surface area contributed by atoms with Gasteiger partial charge in [-0.15, -0.1) is 0 Å². The third kappa shape index (κ3) is 3.65. The van der Waals surface area contributed by atoms with Gasteiger partial charge in [0.05, 0.1) is 24.8 Å². The molecule has 3 aromatic carbocycles. The summed E-state index contributed by atoms with van der Waals surface area (Å²) < 4.78 is 5.33. The molecule has 3 aromatic rings. The van der Waals surface area contributed by atoms with Gasteiger partial charge in [-0.05, 0) is 54.4 Å². The van der Waals surface area contributed by atoms with E-state index in [1.807, 2.05) is 24.3 Å². The first kappa shape index (κ1) is 21.2. The van der Waals surface area contributed by atoms with E-state index in [1.54, 1.807) is 24.1 Å². The second-order valence-electron chi connectivity index (χ2n) is 8.51. The van der Waals surface area contributed by atoms with Crippen LogP contribution in [0.25, 0.3) is 0 Å². The van der Waals surface area contributed by atoms with Gasteiger partial charge in [0.1, 0.15) is 11.8 Å². The predicted molar refractivity (Wildman–Crippen MR) is 124 cm³/mol. The van der Waals surface area contributed by atoms with Crippen LogP contribution in [0.5, 0.6) is 5.75 Å². The van der Waals surface area contributed by atoms with Crippen LogP contribution in [-0.2, 0) is 4.79 Å². The second kappa shape index (κ2) is 8.35. The number of ether oxygens (including phenoxy) is 1. The molecular formula is C26H25N3O4. The quantitative estimate of drug-likeness (QED) is 0.558. The molecule has 2 aliphatic heterocycles. The molecule has 5 rings (SSSR count). The standard InChI is InChI=1S/C26H25N3O4/c1-15-3-5-16(6-4-15)22-21-23(28-27-22)25(30)29(19-11-7-18(8-12-19)26(31)32)24(21)17-9-13-20(33-2)14-10-17/h3-14,21-24,27-28H,1-2H3,(H,31,32). The van der Waals surface area contributed by atoms with Gasteiger partial charge in [0.2, 0.25) is 5.91 Å². The first-order valence-electron chi connectivity index (χ1n) is 10.9. The summed E-state index contributed by atoms with van der Waals surface area (Å²) in [5.74, 6) is -0.378. The Morgan fingerprint density at radius 2 is 1.48 bits per heavy atom. The van der Waals surface area contributed by atoms with Crippen molar-refractivity contribution in [3.63, 3.8) is 0 Å². The number of methoxy groups -OCH3 is 1. The first-order valence-corrected chi connectivity index (χ1v) is 10.9. The van der Waals surface area contributed by atoms with Crippen molar-refractivity contribution in [1.29, 1.82) is 0 Å². The Morgan fingerprint density at radius 3 is 2.09 bits per heavy atom. The number of aryl methyl sites for hydroxylation is 1. The first-order chi connectivity index (χ1) is 16.0. The maximum atomic E-state index is 13.6. The fraction of sp³-hybridized carbons (Fsp3) is 0.231. The minimum atomic E-state index is -0.997. The molecule has 0 spiro atoms. The zero-order valence-electron chi connectivity index (χ0n) is 18.4. The average molecular weight is 444 g/mol. The number of nitrogens with zero attached hydrogens (tertiary/aromatic N) is 1. The third-order valence-electron chi connectivity index (χ3n) is 6.60. The van der Waals surface area contributed by atoms with E-state index >= 15 is 0 Å². The van der Waals surface area contributed by atoms with Crippen LogP contribution in [-0.4, -0.2) is 30.1 Å². The summed E-state index contributed by atoms with van der Waals surface area (Å²) in [5.41, 5.74) is 10.7. The van der Waals surface area contributed by atoms with E-state index in [1.165, 1.54) is 17.7 Å². The fourth-order valence-electron chi connectivity index (χ4n) is 4.92. The van der Waals surface area contributed by atoms with Gasteiger partial charge in [-0.3, -0.25) is 4.79 Å². The van der Waals surface area contributed by atoms with Crippen molar-refractivity contribution in [2.24, 2.45) is 5.92 Å². The maximum absolute atomic E-state index is 13.6. The Bertz CT molecular complexity index is 1180.